The maximum absolute atomic E-state index is 12.8. The van der Waals surface area contributed by atoms with Crippen molar-refractivity contribution in [2.24, 2.45) is 0 Å². The van der Waals surface area contributed by atoms with E-state index in [1.165, 1.54) is 0 Å². The van der Waals surface area contributed by atoms with Crippen molar-refractivity contribution >= 4 is 16.9 Å². The Balaban J connectivity index is 1.56. The van der Waals surface area contributed by atoms with Crippen LogP contribution in [0.2, 0.25) is 0 Å². The van der Waals surface area contributed by atoms with Gasteiger partial charge in [0.2, 0.25) is 5.82 Å². The van der Waals surface area contributed by atoms with E-state index < -0.39 is 48.7 Å². The number of para-hydroxylation sites is 1. The number of hydrogen-bond acceptors (Lipinski definition) is 8. The van der Waals surface area contributed by atoms with Crippen molar-refractivity contribution in [3.63, 3.8) is 0 Å². The molecule has 2 aromatic heterocycles. The molecular weight excluding hydrogens is 478 g/mol. The van der Waals surface area contributed by atoms with Crippen LogP contribution in [0.4, 0.5) is 0 Å². The van der Waals surface area contributed by atoms with Crippen molar-refractivity contribution in [2.45, 2.75) is 89.2 Å². The Bertz CT molecular complexity index is 1160. The standard InChI is InChI=1S/C27H37N3O7/c1-4-5-6-9-12-35-23-20(31)21(32)24(37-27(34)26-29-13-15(2)30-26)25(22(23)33)36-16(3)18-14-28-19-11-8-7-10-17(18)19/h7-8,10-11,13-14,16,20-25,28,31-33H,4-6,9,12H2,1-3H3,(H,29,30). The maximum atomic E-state index is 12.8. The lowest BCUT2D eigenvalue weighted by Crippen LogP contribution is -2.66. The number of benzene rings is 1. The second-order valence-corrected chi connectivity index (χ2v) is 9.66. The lowest BCUT2D eigenvalue weighted by atomic mass is 9.84. The summed E-state index contributed by atoms with van der Waals surface area (Å²) < 4.78 is 17.7. The number of nitrogens with one attached hydrogen (secondary N) is 2. The highest BCUT2D eigenvalue weighted by atomic mass is 16.6. The molecule has 1 aromatic carbocycles. The van der Waals surface area contributed by atoms with Gasteiger partial charge >= 0.3 is 5.97 Å². The molecule has 0 amide bonds. The first-order valence-electron chi connectivity index (χ1n) is 12.9. The zero-order valence-corrected chi connectivity index (χ0v) is 21.5. The van der Waals surface area contributed by atoms with E-state index in [1.54, 1.807) is 13.1 Å². The van der Waals surface area contributed by atoms with E-state index in [2.05, 4.69) is 21.9 Å². The first kappa shape index (κ1) is 27.3. The van der Waals surface area contributed by atoms with Crippen LogP contribution in [0.25, 0.3) is 10.9 Å². The molecular formula is C27H37N3O7. The topological polar surface area (TPSA) is 150 Å². The first-order valence-corrected chi connectivity index (χ1v) is 12.9. The Kier molecular flexibility index (Phi) is 8.99. The number of unbranched alkanes of at least 4 members (excludes halogenated alkanes) is 3. The molecule has 1 saturated carbocycles. The zero-order valence-electron chi connectivity index (χ0n) is 21.5. The summed E-state index contributed by atoms with van der Waals surface area (Å²) >= 11 is 0. The van der Waals surface area contributed by atoms with Gasteiger partial charge in [0.1, 0.15) is 30.5 Å². The molecule has 5 N–H and O–H groups in total. The van der Waals surface area contributed by atoms with Gasteiger partial charge in [-0.1, -0.05) is 44.4 Å². The fourth-order valence-electron chi connectivity index (χ4n) is 4.84. The predicted octanol–water partition coefficient (Wildman–Crippen LogP) is 2.93. The van der Waals surface area contributed by atoms with Gasteiger partial charge in [0.05, 0.1) is 11.8 Å². The van der Waals surface area contributed by atoms with Crippen molar-refractivity contribution in [3.05, 3.63) is 53.7 Å². The highest BCUT2D eigenvalue weighted by Gasteiger charge is 2.53. The van der Waals surface area contributed by atoms with Gasteiger partial charge in [0.15, 0.2) is 6.10 Å². The molecule has 7 atom stereocenters. The molecule has 3 aromatic rings. The van der Waals surface area contributed by atoms with E-state index in [0.717, 1.165) is 42.1 Å². The summed E-state index contributed by atoms with van der Waals surface area (Å²) in [7, 11) is 0. The summed E-state index contributed by atoms with van der Waals surface area (Å²) in [6.45, 7) is 5.95. The van der Waals surface area contributed by atoms with Crippen LogP contribution in [0.5, 0.6) is 0 Å². The number of nitrogens with zero attached hydrogens (tertiary/aromatic N) is 1. The van der Waals surface area contributed by atoms with Crippen LogP contribution in [0.3, 0.4) is 0 Å². The Morgan fingerprint density at radius 1 is 1.00 bits per heavy atom. The van der Waals surface area contributed by atoms with Crippen molar-refractivity contribution in [3.8, 4) is 0 Å². The SMILES string of the molecule is CCCCCCOC1C(O)C(O)C(OC(=O)c2nc(C)c[nH]2)C(OC(C)c2c[nH]c3ccccc23)C1O. The summed E-state index contributed by atoms with van der Waals surface area (Å²) in [6, 6.07) is 7.74. The van der Waals surface area contributed by atoms with Gasteiger partial charge in [0, 0.05) is 35.5 Å². The average Bonchev–Trinajstić information content (AvgIpc) is 3.52. The van der Waals surface area contributed by atoms with Crippen molar-refractivity contribution < 1.29 is 34.3 Å². The Morgan fingerprint density at radius 2 is 1.76 bits per heavy atom. The van der Waals surface area contributed by atoms with E-state index in [4.69, 9.17) is 14.2 Å². The third kappa shape index (κ3) is 6.05. The number of fused-ring (bicyclic) bond motifs is 1. The van der Waals surface area contributed by atoms with Crippen molar-refractivity contribution in [2.75, 3.05) is 6.61 Å². The molecule has 10 nitrogen and oxygen atoms in total. The number of esters is 1. The summed E-state index contributed by atoms with van der Waals surface area (Å²) in [4.78, 5) is 22.8. The Labute approximate surface area is 216 Å². The van der Waals surface area contributed by atoms with Gasteiger partial charge in [-0.25, -0.2) is 9.78 Å². The number of aryl methyl sites for hydroxylation is 1. The minimum atomic E-state index is -1.55. The van der Waals surface area contributed by atoms with Gasteiger partial charge in [-0.15, -0.1) is 0 Å². The number of rotatable bonds is 11. The summed E-state index contributed by atoms with van der Waals surface area (Å²) in [5.41, 5.74) is 2.36. The molecule has 10 heteroatoms. The van der Waals surface area contributed by atoms with Crippen molar-refractivity contribution in [1.82, 2.24) is 15.0 Å². The number of carbonyl (C=O) groups is 1. The van der Waals surface area contributed by atoms with Crippen LogP contribution in [-0.4, -0.2) is 79.5 Å². The minimum Gasteiger partial charge on any atom is -0.451 e. The molecule has 0 radical (unpaired) electrons. The van der Waals surface area contributed by atoms with Gasteiger partial charge in [-0.05, 0) is 26.3 Å². The lowest BCUT2D eigenvalue weighted by molar-refractivity contribution is -0.253. The minimum absolute atomic E-state index is 0.0496. The van der Waals surface area contributed by atoms with Crippen molar-refractivity contribution in [1.29, 1.82) is 0 Å². The van der Waals surface area contributed by atoms with E-state index in [0.29, 0.717) is 12.3 Å². The van der Waals surface area contributed by atoms with Gasteiger partial charge in [0.25, 0.3) is 0 Å². The van der Waals surface area contributed by atoms with E-state index >= 15 is 0 Å². The molecule has 202 valence electrons. The third-order valence-electron chi connectivity index (χ3n) is 6.89. The van der Waals surface area contributed by atoms with E-state index in [9.17, 15) is 20.1 Å². The molecule has 7 unspecified atom stereocenters. The molecule has 37 heavy (non-hydrogen) atoms. The zero-order chi connectivity index (χ0) is 26.5. The number of aromatic nitrogens is 3. The average molecular weight is 516 g/mol. The number of imidazole rings is 1. The number of aliphatic hydroxyl groups excluding tert-OH is 3. The number of H-pyrrole nitrogens is 2. The van der Waals surface area contributed by atoms with E-state index in [1.807, 2.05) is 37.4 Å². The fourth-order valence-corrected chi connectivity index (χ4v) is 4.84. The smallest absolute Gasteiger partial charge is 0.374 e. The van der Waals surface area contributed by atoms with Crippen LogP contribution in [0.15, 0.2) is 36.7 Å². The molecule has 0 bridgehead atoms. The third-order valence-corrected chi connectivity index (χ3v) is 6.89. The molecule has 0 spiro atoms. The number of ether oxygens (including phenoxy) is 3. The van der Waals surface area contributed by atoms with Crippen LogP contribution in [-0.2, 0) is 14.2 Å². The molecule has 4 rings (SSSR count). The second kappa shape index (κ2) is 12.2. The fraction of sp³-hybridized carbons (Fsp3) is 0.556. The maximum Gasteiger partial charge on any atom is 0.374 e. The second-order valence-electron chi connectivity index (χ2n) is 9.66. The first-order chi connectivity index (χ1) is 17.8. The summed E-state index contributed by atoms with van der Waals surface area (Å²) in [5, 5.41) is 34.1. The summed E-state index contributed by atoms with van der Waals surface area (Å²) in [6.07, 6.45) is -1.40. The number of carbonyl (C=O) groups excluding carboxylic acids is 1. The molecule has 1 aliphatic rings. The van der Waals surface area contributed by atoms with E-state index in [-0.39, 0.29) is 5.82 Å². The number of hydrogen-bond donors (Lipinski definition) is 5. The highest BCUT2D eigenvalue weighted by Crippen LogP contribution is 2.34. The van der Waals surface area contributed by atoms with Gasteiger partial charge in [-0.2, -0.15) is 0 Å². The number of aliphatic hydroxyl groups is 3. The van der Waals surface area contributed by atoms with Gasteiger partial charge in [-0.3, -0.25) is 0 Å². The highest BCUT2D eigenvalue weighted by molar-refractivity contribution is 5.85. The van der Waals surface area contributed by atoms with Crippen LogP contribution < -0.4 is 0 Å². The van der Waals surface area contributed by atoms with Crippen LogP contribution in [0.1, 0.15) is 67.5 Å². The largest absolute Gasteiger partial charge is 0.451 e. The molecule has 1 fully saturated rings. The molecule has 0 aliphatic heterocycles. The Hall–Kier alpha value is -2.76. The normalized spacial score (nSPS) is 26.9. The van der Waals surface area contributed by atoms with Gasteiger partial charge < -0.3 is 39.5 Å². The monoisotopic (exact) mass is 515 g/mol. The van der Waals surface area contributed by atoms with Crippen LogP contribution in [0, 0.1) is 6.92 Å². The lowest BCUT2D eigenvalue weighted by Gasteiger charge is -2.45. The molecule has 1 aliphatic carbocycles. The quantitative estimate of drug-likeness (QED) is 0.193. The summed E-state index contributed by atoms with van der Waals surface area (Å²) in [5.74, 6) is -0.879. The number of aromatic amines is 2. The Morgan fingerprint density at radius 3 is 2.49 bits per heavy atom. The molecule has 2 heterocycles. The van der Waals surface area contributed by atoms with Crippen LogP contribution >= 0.6 is 0 Å². The molecule has 0 saturated heterocycles. The predicted molar refractivity (Wildman–Crippen MR) is 136 cm³/mol.